The highest BCUT2D eigenvalue weighted by Crippen LogP contribution is 2.21. The number of hydrogen-bond acceptors (Lipinski definition) is 6. The van der Waals surface area contributed by atoms with Crippen LogP contribution >= 0.6 is 0 Å². The molecule has 0 spiro atoms. The molecule has 2 aromatic heterocycles. The quantitative estimate of drug-likeness (QED) is 0.877. The smallest absolute Gasteiger partial charge is 0.178 e. The summed E-state index contributed by atoms with van der Waals surface area (Å²) in [5.41, 5.74) is 0.792. The van der Waals surface area contributed by atoms with Gasteiger partial charge in [-0.05, 0) is 45.4 Å². The van der Waals surface area contributed by atoms with Crippen LogP contribution < -0.4 is 4.90 Å². The van der Waals surface area contributed by atoms with Crippen molar-refractivity contribution in [3.8, 4) is 0 Å². The lowest BCUT2D eigenvalue weighted by Crippen LogP contribution is -2.44. The van der Waals surface area contributed by atoms with Gasteiger partial charge in [-0.15, -0.1) is 15.3 Å². The first-order chi connectivity index (χ1) is 10.7. The second kappa shape index (κ2) is 6.58. The highest BCUT2D eigenvalue weighted by Gasteiger charge is 2.23. The van der Waals surface area contributed by atoms with E-state index in [1.807, 2.05) is 19.1 Å². The van der Waals surface area contributed by atoms with Crippen molar-refractivity contribution in [1.29, 1.82) is 0 Å². The van der Waals surface area contributed by atoms with Crippen LogP contribution in [0.3, 0.4) is 0 Å². The van der Waals surface area contributed by atoms with Gasteiger partial charge >= 0.3 is 0 Å². The summed E-state index contributed by atoms with van der Waals surface area (Å²) in [6, 6.07) is 4.60. The summed E-state index contributed by atoms with van der Waals surface area (Å²) >= 11 is 0. The van der Waals surface area contributed by atoms with Crippen molar-refractivity contribution >= 4 is 11.5 Å². The topological polar surface area (TPSA) is 69.8 Å². The Balaban J connectivity index is 1.63. The van der Waals surface area contributed by atoms with Crippen molar-refractivity contribution in [3.63, 3.8) is 0 Å². The Bertz CT molecular complexity index is 620. The number of piperidine rings is 1. The number of hydrogen-bond donors (Lipinski definition) is 1. The third kappa shape index (κ3) is 3.05. The third-order valence-corrected chi connectivity index (χ3v) is 4.49. The number of aliphatic hydroxyl groups excluding tert-OH is 1. The van der Waals surface area contributed by atoms with Gasteiger partial charge in [0.15, 0.2) is 11.5 Å². The van der Waals surface area contributed by atoms with Crippen LogP contribution in [0.25, 0.3) is 5.65 Å². The molecule has 3 heterocycles. The summed E-state index contributed by atoms with van der Waals surface area (Å²) in [5.74, 6) is 1.81. The van der Waals surface area contributed by atoms with Crippen LogP contribution in [0.1, 0.15) is 25.1 Å². The Kier molecular flexibility index (Phi) is 4.54. The number of nitrogens with zero attached hydrogens (tertiary/aromatic N) is 6. The fourth-order valence-electron chi connectivity index (χ4n) is 3.09. The Morgan fingerprint density at radius 2 is 2.05 bits per heavy atom. The first-order valence-corrected chi connectivity index (χ1v) is 7.94. The van der Waals surface area contributed by atoms with Crippen molar-refractivity contribution in [2.45, 2.75) is 32.2 Å². The van der Waals surface area contributed by atoms with Crippen LogP contribution in [0.5, 0.6) is 0 Å². The average molecular weight is 304 g/mol. The highest BCUT2D eigenvalue weighted by molar-refractivity contribution is 5.46. The molecule has 0 aromatic carbocycles. The van der Waals surface area contributed by atoms with E-state index in [9.17, 15) is 0 Å². The van der Waals surface area contributed by atoms with Gasteiger partial charge in [-0.3, -0.25) is 0 Å². The second-order valence-electron chi connectivity index (χ2n) is 5.98. The minimum atomic E-state index is 0.269. The van der Waals surface area contributed by atoms with Crippen LogP contribution in [-0.4, -0.2) is 69.1 Å². The monoisotopic (exact) mass is 304 g/mol. The molecule has 1 N–H and O–H groups in total. The normalized spacial score (nSPS) is 16.8. The molecule has 0 unspecified atom stereocenters. The van der Waals surface area contributed by atoms with Gasteiger partial charge in [-0.25, -0.2) is 0 Å². The molecule has 7 nitrogen and oxygen atoms in total. The van der Waals surface area contributed by atoms with Crippen molar-refractivity contribution in [1.82, 2.24) is 24.7 Å². The number of aryl methyl sites for hydroxylation is 1. The number of anilines is 1. The molecule has 0 aliphatic carbocycles. The van der Waals surface area contributed by atoms with Gasteiger partial charge < -0.3 is 14.9 Å². The molecule has 2 aromatic rings. The first kappa shape index (κ1) is 15.2. The molecule has 0 amide bonds. The van der Waals surface area contributed by atoms with E-state index in [1.165, 1.54) is 0 Å². The fraction of sp³-hybridized carbons (Fsp3) is 0.667. The molecule has 0 bridgehead atoms. The van der Waals surface area contributed by atoms with Gasteiger partial charge in [0.1, 0.15) is 5.82 Å². The molecule has 0 saturated carbocycles. The Morgan fingerprint density at radius 1 is 1.27 bits per heavy atom. The van der Waals surface area contributed by atoms with E-state index in [0.717, 1.165) is 56.2 Å². The van der Waals surface area contributed by atoms with Crippen molar-refractivity contribution < 1.29 is 5.11 Å². The van der Waals surface area contributed by atoms with Crippen LogP contribution in [0, 0.1) is 6.92 Å². The van der Waals surface area contributed by atoms with Crippen LogP contribution in [0.4, 0.5) is 5.82 Å². The zero-order valence-electron chi connectivity index (χ0n) is 13.3. The number of fused-ring (bicyclic) bond motifs is 1. The van der Waals surface area contributed by atoms with Crippen LogP contribution in [-0.2, 0) is 0 Å². The van der Waals surface area contributed by atoms with E-state index in [2.05, 4.69) is 32.1 Å². The molecule has 0 atom stereocenters. The largest absolute Gasteiger partial charge is 0.396 e. The molecule has 0 radical (unpaired) electrons. The van der Waals surface area contributed by atoms with Crippen LogP contribution in [0.2, 0.25) is 0 Å². The molecule has 7 heteroatoms. The van der Waals surface area contributed by atoms with Gasteiger partial charge in [0.25, 0.3) is 0 Å². The fourth-order valence-corrected chi connectivity index (χ4v) is 3.09. The van der Waals surface area contributed by atoms with E-state index >= 15 is 0 Å². The molecular formula is C15H24N6O. The Labute approximate surface area is 130 Å². The molecule has 1 aliphatic heterocycles. The molecule has 1 aliphatic rings. The third-order valence-electron chi connectivity index (χ3n) is 4.49. The van der Waals surface area contributed by atoms with E-state index < -0.39 is 0 Å². The molecule has 120 valence electrons. The molecular weight excluding hydrogens is 280 g/mol. The number of rotatable bonds is 5. The van der Waals surface area contributed by atoms with Crippen LogP contribution in [0.15, 0.2) is 12.1 Å². The van der Waals surface area contributed by atoms with Gasteiger partial charge in [-0.1, -0.05) is 0 Å². The zero-order valence-corrected chi connectivity index (χ0v) is 13.3. The van der Waals surface area contributed by atoms with E-state index in [4.69, 9.17) is 5.11 Å². The Morgan fingerprint density at radius 3 is 2.77 bits per heavy atom. The van der Waals surface area contributed by atoms with Gasteiger partial charge in [0.05, 0.1) is 0 Å². The lowest BCUT2D eigenvalue weighted by Gasteiger charge is -2.37. The van der Waals surface area contributed by atoms with Gasteiger partial charge in [0, 0.05) is 32.3 Å². The van der Waals surface area contributed by atoms with Gasteiger partial charge in [-0.2, -0.15) is 4.52 Å². The average Bonchev–Trinajstić information content (AvgIpc) is 2.93. The summed E-state index contributed by atoms with van der Waals surface area (Å²) < 4.78 is 1.80. The summed E-state index contributed by atoms with van der Waals surface area (Å²) in [7, 11) is 2.15. The maximum Gasteiger partial charge on any atom is 0.178 e. The maximum atomic E-state index is 8.94. The van der Waals surface area contributed by atoms with Crippen molar-refractivity contribution in [3.05, 3.63) is 18.0 Å². The maximum absolute atomic E-state index is 8.94. The number of aliphatic hydroxyl groups is 1. The molecule has 1 fully saturated rings. The predicted molar refractivity (Wildman–Crippen MR) is 85.1 cm³/mol. The Hall–Kier alpha value is -1.73. The predicted octanol–water partition coefficient (Wildman–Crippen LogP) is 0.716. The highest BCUT2D eigenvalue weighted by atomic mass is 16.3. The molecule has 22 heavy (non-hydrogen) atoms. The summed E-state index contributed by atoms with van der Waals surface area (Å²) in [5, 5.41) is 21.7. The lowest BCUT2D eigenvalue weighted by atomic mass is 10.0. The number of aromatic nitrogens is 4. The standard InChI is InChI=1S/C15H24N6O/c1-12-16-17-14-4-5-15(18-21(12)14)20-9-6-13(7-10-20)19(2)8-3-11-22/h4-5,13,22H,3,6-11H2,1-2H3. The summed E-state index contributed by atoms with van der Waals surface area (Å²) in [4.78, 5) is 4.70. The van der Waals surface area contributed by atoms with E-state index in [1.54, 1.807) is 4.52 Å². The summed E-state index contributed by atoms with van der Waals surface area (Å²) in [6.45, 7) is 5.16. The minimum Gasteiger partial charge on any atom is -0.396 e. The van der Waals surface area contributed by atoms with E-state index in [0.29, 0.717) is 6.04 Å². The SMILES string of the molecule is Cc1nnc2ccc(N3CCC(N(C)CCCO)CC3)nn12. The van der Waals surface area contributed by atoms with Crippen molar-refractivity contribution in [2.75, 3.05) is 38.2 Å². The molecule has 3 rings (SSSR count). The minimum absolute atomic E-state index is 0.269. The first-order valence-electron chi connectivity index (χ1n) is 7.94. The van der Waals surface area contributed by atoms with Crippen molar-refractivity contribution in [2.24, 2.45) is 0 Å². The van der Waals surface area contributed by atoms with E-state index in [-0.39, 0.29) is 6.61 Å². The summed E-state index contributed by atoms with van der Waals surface area (Å²) in [6.07, 6.45) is 3.10. The van der Waals surface area contributed by atoms with Gasteiger partial charge in [0.2, 0.25) is 0 Å². The molecule has 1 saturated heterocycles. The zero-order chi connectivity index (χ0) is 15.5. The second-order valence-corrected chi connectivity index (χ2v) is 5.98. The lowest BCUT2D eigenvalue weighted by molar-refractivity contribution is 0.184.